The molecule has 5 nitrogen and oxygen atoms in total. The van der Waals surface area contributed by atoms with Gasteiger partial charge in [0.2, 0.25) is 11.8 Å². The van der Waals surface area contributed by atoms with E-state index in [4.69, 9.17) is 0 Å². The highest BCUT2D eigenvalue weighted by molar-refractivity contribution is 5.89. The Labute approximate surface area is 147 Å². The number of hydrogen-bond acceptors (Lipinski definition) is 3. The summed E-state index contributed by atoms with van der Waals surface area (Å²) in [7, 11) is 0. The molecule has 2 fully saturated rings. The molecule has 2 saturated heterocycles. The van der Waals surface area contributed by atoms with Crippen LogP contribution in [0.5, 0.6) is 0 Å². The Kier molecular flexibility index (Phi) is 6.67. The number of piperidine rings is 1. The molecule has 0 aromatic heterocycles. The largest absolute Gasteiger partial charge is 0.354 e. The van der Waals surface area contributed by atoms with E-state index >= 15 is 0 Å². The molecule has 1 N–H and O–H groups in total. The van der Waals surface area contributed by atoms with Crippen LogP contribution in [0.3, 0.4) is 0 Å². The predicted molar refractivity (Wildman–Crippen MR) is 96.7 cm³/mol. The summed E-state index contributed by atoms with van der Waals surface area (Å²) in [5.74, 6) is -0.00344. The molecule has 0 aliphatic carbocycles. The lowest BCUT2D eigenvalue weighted by Crippen LogP contribution is -2.54. The lowest BCUT2D eigenvalue weighted by Gasteiger charge is -2.41. The van der Waals surface area contributed by atoms with Crippen LogP contribution in [0.15, 0.2) is 0 Å². The van der Waals surface area contributed by atoms with Crippen molar-refractivity contribution in [3.8, 4) is 0 Å². The highest BCUT2D eigenvalue weighted by Crippen LogP contribution is 2.24. The number of nitrogens with zero attached hydrogens (tertiary/aromatic N) is 2. The SMILES string of the molecule is CCC(CC)N1CC(C(=O)NCC(C)(C)N2CCCCC2)CC1=O. The van der Waals surface area contributed by atoms with Gasteiger partial charge in [-0.05, 0) is 52.6 Å². The fraction of sp³-hybridized carbons (Fsp3) is 0.895. The van der Waals surface area contributed by atoms with E-state index in [9.17, 15) is 9.59 Å². The zero-order valence-electron chi connectivity index (χ0n) is 15.9. The fourth-order valence-electron chi connectivity index (χ4n) is 4.05. The standard InChI is InChI=1S/C19H35N3O2/c1-5-16(6-2)22-13-15(12-17(22)23)18(24)20-14-19(3,4)21-10-8-7-9-11-21/h15-16H,5-14H2,1-4H3,(H,20,24). The maximum atomic E-state index is 12.6. The summed E-state index contributed by atoms with van der Waals surface area (Å²) in [6.45, 7) is 12.1. The molecule has 2 aliphatic heterocycles. The van der Waals surface area contributed by atoms with Gasteiger partial charge in [-0.1, -0.05) is 20.3 Å². The van der Waals surface area contributed by atoms with Crippen molar-refractivity contribution in [2.24, 2.45) is 5.92 Å². The van der Waals surface area contributed by atoms with Gasteiger partial charge in [0.1, 0.15) is 0 Å². The Hall–Kier alpha value is -1.10. The van der Waals surface area contributed by atoms with Gasteiger partial charge >= 0.3 is 0 Å². The second-order valence-electron chi connectivity index (χ2n) is 8.00. The highest BCUT2D eigenvalue weighted by atomic mass is 16.2. The first kappa shape index (κ1) is 19.2. The first-order chi connectivity index (χ1) is 11.4. The van der Waals surface area contributed by atoms with E-state index in [1.165, 1.54) is 19.3 Å². The highest BCUT2D eigenvalue weighted by Gasteiger charge is 2.37. The third kappa shape index (κ3) is 4.50. The Morgan fingerprint density at radius 3 is 2.42 bits per heavy atom. The Balaban J connectivity index is 1.85. The van der Waals surface area contributed by atoms with Gasteiger partial charge in [0.05, 0.1) is 5.92 Å². The molecule has 0 spiro atoms. The second kappa shape index (κ2) is 8.32. The number of rotatable bonds is 7. The van der Waals surface area contributed by atoms with Gasteiger partial charge < -0.3 is 10.2 Å². The minimum absolute atomic E-state index is 0.0201. The third-order valence-corrected chi connectivity index (χ3v) is 5.82. The molecule has 0 radical (unpaired) electrons. The van der Waals surface area contributed by atoms with E-state index in [2.05, 4.69) is 37.9 Å². The van der Waals surface area contributed by atoms with Gasteiger partial charge in [-0.15, -0.1) is 0 Å². The Bertz CT molecular complexity index is 440. The van der Waals surface area contributed by atoms with Gasteiger partial charge in [-0.25, -0.2) is 0 Å². The van der Waals surface area contributed by atoms with Crippen molar-refractivity contribution in [2.45, 2.75) is 77.8 Å². The predicted octanol–water partition coefficient (Wildman–Crippen LogP) is 2.40. The number of carbonyl (C=O) groups is 2. The van der Waals surface area contributed by atoms with Crippen LogP contribution in [0.4, 0.5) is 0 Å². The van der Waals surface area contributed by atoms with Crippen molar-refractivity contribution in [3.63, 3.8) is 0 Å². The summed E-state index contributed by atoms with van der Waals surface area (Å²) in [6.07, 6.45) is 6.09. The fourth-order valence-corrected chi connectivity index (χ4v) is 4.05. The lowest BCUT2D eigenvalue weighted by molar-refractivity contribution is -0.130. The van der Waals surface area contributed by atoms with Crippen molar-refractivity contribution in [3.05, 3.63) is 0 Å². The molecule has 5 heteroatoms. The summed E-state index contributed by atoms with van der Waals surface area (Å²) in [5, 5.41) is 3.12. The van der Waals surface area contributed by atoms with Gasteiger partial charge in [0.15, 0.2) is 0 Å². The van der Waals surface area contributed by atoms with Crippen molar-refractivity contribution in [2.75, 3.05) is 26.2 Å². The smallest absolute Gasteiger partial charge is 0.225 e. The van der Waals surface area contributed by atoms with E-state index in [0.717, 1.165) is 25.9 Å². The average Bonchev–Trinajstić information content (AvgIpc) is 2.97. The average molecular weight is 338 g/mol. The van der Waals surface area contributed by atoms with Gasteiger partial charge in [0.25, 0.3) is 0 Å². The Morgan fingerprint density at radius 1 is 1.21 bits per heavy atom. The van der Waals surface area contributed by atoms with Gasteiger partial charge in [-0.2, -0.15) is 0 Å². The first-order valence-corrected chi connectivity index (χ1v) is 9.71. The van der Waals surface area contributed by atoms with Crippen molar-refractivity contribution in [1.82, 2.24) is 15.1 Å². The molecule has 1 unspecified atom stereocenters. The molecule has 2 heterocycles. The van der Waals surface area contributed by atoms with E-state index < -0.39 is 0 Å². The van der Waals surface area contributed by atoms with Crippen molar-refractivity contribution >= 4 is 11.8 Å². The molecule has 0 aromatic carbocycles. The van der Waals surface area contributed by atoms with Crippen LogP contribution in [-0.2, 0) is 9.59 Å². The van der Waals surface area contributed by atoms with Crippen LogP contribution >= 0.6 is 0 Å². The van der Waals surface area contributed by atoms with E-state index in [1.807, 2.05) is 4.90 Å². The molecule has 0 saturated carbocycles. The quantitative estimate of drug-likeness (QED) is 0.776. The van der Waals surface area contributed by atoms with Gasteiger partial charge in [0, 0.05) is 31.1 Å². The number of carbonyl (C=O) groups excluding carboxylic acids is 2. The molecule has 0 aromatic rings. The molecule has 0 bridgehead atoms. The third-order valence-electron chi connectivity index (χ3n) is 5.82. The first-order valence-electron chi connectivity index (χ1n) is 9.71. The summed E-state index contributed by atoms with van der Waals surface area (Å²) in [4.78, 5) is 29.2. The number of hydrogen-bond donors (Lipinski definition) is 1. The van der Waals surface area contributed by atoms with Crippen LogP contribution in [0, 0.1) is 5.92 Å². The molecular formula is C19H35N3O2. The van der Waals surface area contributed by atoms with E-state index in [1.54, 1.807) is 0 Å². The van der Waals surface area contributed by atoms with Crippen LogP contribution in [0.1, 0.15) is 66.2 Å². The zero-order valence-corrected chi connectivity index (χ0v) is 15.9. The van der Waals surface area contributed by atoms with Crippen LogP contribution in [0.25, 0.3) is 0 Å². The van der Waals surface area contributed by atoms with Crippen molar-refractivity contribution < 1.29 is 9.59 Å². The van der Waals surface area contributed by atoms with E-state index in [0.29, 0.717) is 19.5 Å². The summed E-state index contributed by atoms with van der Waals surface area (Å²) in [6, 6.07) is 0.278. The van der Waals surface area contributed by atoms with E-state index in [-0.39, 0.29) is 29.3 Å². The number of likely N-dealkylation sites (tertiary alicyclic amines) is 2. The normalized spacial score (nSPS) is 23.1. The van der Waals surface area contributed by atoms with Crippen LogP contribution in [0.2, 0.25) is 0 Å². The summed E-state index contributed by atoms with van der Waals surface area (Å²) in [5.41, 5.74) is -0.0201. The maximum absolute atomic E-state index is 12.6. The molecule has 138 valence electrons. The molecule has 24 heavy (non-hydrogen) atoms. The summed E-state index contributed by atoms with van der Waals surface area (Å²) < 4.78 is 0. The molecule has 1 atom stereocenters. The maximum Gasteiger partial charge on any atom is 0.225 e. The zero-order chi connectivity index (χ0) is 17.7. The minimum Gasteiger partial charge on any atom is -0.354 e. The van der Waals surface area contributed by atoms with Crippen LogP contribution < -0.4 is 5.32 Å². The molecular weight excluding hydrogens is 302 g/mol. The molecule has 2 rings (SSSR count). The van der Waals surface area contributed by atoms with Crippen LogP contribution in [-0.4, -0.2) is 59.4 Å². The van der Waals surface area contributed by atoms with Crippen molar-refractivity contribution in [1.29, 1.82) is 0 Å². The summed E-state index contributed by atoms with van der Waals surface area (Å²) >= 11 is 0. The minimum atomic E-state index is -0.185. The number of nitrogens with one attached hydrogen (secondary N) is 1. The second-order valence-corrected chi connectivity index (χ2v) is 8.00. The van der Waals surface area contributed by atoms with Gasteiger partial charge in [-0.3, -0.25) is 14.5 Å². The number of amides is 2. The monoisotopic (exact) mass is 337 g/mol. The topological polar surface area (TPSA) is 52.7 Å². The molecule has 2 aliphatic rings. The lowest BCUT2D eigenvalue weighted by atomic mass is 9.98. The Morgan fingerprint density at radius 2 is 1.83 bits per heavy atom. The molecule has 2 amide bonds.